The largest absolute Gasteiger partial charge is 0.495 e. The zero-order valence-electron chi connectivity index (χ0n) is 11.9. The number of thiophene rings is 1. The van der Waals surface area contributed by atoms with Crippen molar-refractivity contribution in [2.75, 3.05) is 20.2 Å². The lowest BCUT2D eigenvalue weighted by molar-refractivity contribution is 0.0792. The molecule has 1 fully saturated rings. The summed E-state index contributed by atoms with van der Waals surface area (Å²) in [5.41, 5.74) is 6.98. The first kappa shape index (κ1) is 14.1. The van der Waals surface area contributed by atoms with Gasteiger partial charge in [0.25, 0.3) is 5.91 Å². The van der Waals surface area contributed by atoms with Gasteiger partial charge in [0.05, 0.1) is 7.11 Å². The van der Waals surface area contributed by atoms with Crippen molar-refractivity contribution in [3.05, 3.63) is 41.3 Å². The molecule has 0 bridgehead atoms. The van der Waals surface area contributed by atoms with Gasteiger partial charge in [-0.15, -0.1) is 11.3 Å². The summed E-state index contributed by atoms with van der Waals surface area (Å²) in [7, 11) is 1.60. The monoisotopic (exact) mass is 302 g/mol. The van der Waals surface area contributed by atoms with Crippen molar-refractivity contribution in [2.24, 2.45) is 5.73 Å². The lowest BCUT2D eigenvalue weighted by Gasteiger charge is -2.15. The molecule has 2 aromatic rings. The maximum absolute atomic E-state index is 12.6. The fraction of sp³-hybridized carbons (Fsp3) is 0.312. The van der Waals surface area contributed by atoms with E-state index < -0.39 is 0 Å². The van der Waals surface area contributed by atoms with Crippen molar-refractivity contribution in [1.82, 2.24) is 4.90 Å². The number of carbonyl (C=O) groups excluding carboxylic acids is 1. The molecule has 21 heavy (non-hydrogen) atoms. The van der Waals surface area contributed by atoms with Crippen LogP contribution in [0, 0.1) is 0 Å². The number of hydrogen-bond donors (Lipinski definition) is 1. The molecule has 1 amide bonds. The lowest BCUT2D eigenvalue weighted by atomic mass is 10.2. The summed E-state index contributed by atoms with van der Waals surface area (Å²) in [4.78, 5) is 16.1. The normalized spacial score (nSPS) is 18.0. The summed E-state index contributed by atoms with van der Waals surface area (Å²) in [5.74, 6) is 0.663. The van der Waals surface area contributed by atoms with Crippen LogP contribution in [0.5, 0.6) is 5.75 Å². The summed E-state index contributed by atoms with van der Waals surface area (Å²) in [6.45, 7) is 1.35. The standard InChI is InChI=1S/C16H18N2O2S/c1-20-13-9-14(11-5-3-2-4-6-11)21-15(13)16(19)18-8-7-12(17)10-18/h2-6,9,12H,7-8,10,17H2,1H3/t12-/m1/s1. The minimum atomic E-state index is 0.0204. The highest BCUT2D eigenvalue weighted by Crippen LogP contribution is 2.37. The molecule has 0 saturated carbocycles. The van der Waals surface area contributed by atoms with E-state index in [0.29, 0.717) is 17.2 Å². The summed E-state index contributed by atoms with van der Waals surface area (Å²) in [6, 6.07) is 12.0. The molecular weight excluding hydrogens is 284 g/mol. The minimum Gasteiger partial charge on any atom is -0.495 e. The van der Waals surface area contributed by atoms with Gasteiger partial charge in [0.2, 0.25) is 0 Å². The van der Waals surface area contributed by atoms with Gasteiger partial charge in [-0.05, 0) is 18.1 Å². The predicted molar refractivity (Wildman–Crippen MR) is 84.8 cm³/mol. The highest BCUT2D eigenvalue weighted by atomic mass is 32.1. The third-order valence-corrected chi connectivity index (χ3v) is 4.84. The SMILES string of the molecule is COc1cc(-c2ccccc2)sc1C(=O)N1CC[C@@H](N)C1. The molecule has 2 heterocycles. The van der Waals surface area contributed by atoms with E-state index in [1.165, 1.54) is 11.3 Å². The number of rotatable bonds is 3. The van der Waals surface area contributed by atoms with Crippen LogP contribution >= 0.6 is 11.3 Å². The van der Waals surface area contributed by atoms with Gasteiger partial charge in [-0.2, -0.15) is 0 Å². The average Bonchev–Trinajstić information content (AvgIpc) is 3.13. The van der Waals surface area contributed by atoms with Crippen LogP contribution in [0.1, 0.15) is 16.1 Å². The van der Waals surface area contributed by atoms with Crippen LogP contribution in [0.3, 0.4) is 0 Å². The Morgan fingerprint density at radius 2 is 2.14 bits per heavy atom. The molecule has 0 radical (unpaired) electrons. The van der Waals surface area contributed by atoms with E-state index in [4.69, 9.17) is 10.5 Å². The lowest BCUT2D eigenvalue weighted by Crippen LogP contribution is -2.31. The predicted octanol–water partition coefficient (Wildman–Crippen LogP) is 2.60. The van der Waals surface area contributed by atoms with Gasteiger partial charge >= 0.3 is 0 Å². The highest BCUT2D eigenvalue weighted by molar-refractivity contribution is 7.17. The Morgan fingerprint density at radius 3 is 2.76 bits per heavy atom. The second-order valence-electron chi connectivity index (χ2n) is 5.17. The second kappa shape index (κ2) is 5.87. The first-order valence-electron chi connectivity index (χ1n) is 6.97. The molecule has 2 N–H and O–H groups in total. The fourth-order valence-electron chi connectivity index (χ4n) is 2.54. The molecule has 1 saturated heterocycles. The molecule has 3 rings (SSSR count). The first-order chi connectivity index (χ1) is 10.2. The van der Waals surface area contributed by atoms with Crippen LogP contribution < -0.4 is 10.5 Å². The number of methoxy groups -OCH3 is 1. The summed E-state index contributed by atoms with van der Waals surface area (Å²) in [6.07, 6.45) is 0.866. The minimum absolute atomic E-state index is 0.0204. The molecule has 0 spiro atoms. The fourth-order valence-corrected chi connectivity index (χ4v) is 3.63. The number of likely N-dealkylation sites (tertiary alicyclic amines) is 1. The Kier molecular flexibility index (Phi) is 3.94. The van der Waals surface area contributed by atoms with Gasteiger partial charge in [0.15, 0.2) is 0 Å². The molecule has 5 heteroatoms. The third kappa shape index (κ3) is 2.80. The van der Waals surface area contributed by atoms with Crippen LogP contribution in [0.2, 0.25) is 0 Å². The smallest absolute Gasteiger partial charge is 0.267 e. The Hall–Kier alpha value is -1.85. The molecule has 1 aliphatic heterocycles. The van der Waals surface area contributed by atoms with Gasteiger partial charge in [-0.3, -0.25) is 4.79 Å². The number of amides is 1. The molecule has 110 valence electrons. The molecule has 0 unspecified atom stereocenters. The quantitative estimate of drug-likeness (QED) is 0.948. The van der Waals surface area contributed by atoms with Gasteiger partial charge in [-0.25, -0.2) is 0 Å². The van der Waals surface area contributed by atoms with E-state index in [9.17, 15) is 4.79 Å². The van der Waals surface area contributed by atoms with Crippen molar-refractivity contribution in [3.8, 4) is 16.2 Å². The molecule has 1 aromatic carbocycles. The van der Waals surface area contributed by atoms with E-state index in [1.807, 2.05) is 41.3 Å². The van der Waals surface area contributed by atoms with Crippen molar-refractivity contribution >= 4 is 17.2 Å². The summed E-state index contributed by atoms with van der Waals surface area (Å²) in [5, 5.41) is 0. The van der Waals surface area contributed by atoms with E-state index in [0.717, 1.165) is 23.4 Å². The van der Waals surface area contributed by atoms with Crippen molar-refractivity contribution in [2.45, 2.75) is 12.5 Å². The van der Waals surface area contributed by atoms with E-state index in [1.54, 1.807) is 7.11 Å². The zero-order valence-corrected chi connectivity index (χ0v) is 12.7. The summed E-state index contributed by atoms with van der Waals surface area (Å²) < 4.78 is 5.39. The first-order valence-corrected chi connectivity index (χ1v) is 7.79. The second-order valence-corrected chi connectivity index (χ2v) is 6.23. The number of ether oxygens (including phenoxy) is 1. The highest BCUT2D eigenvalue weighted by Gasteiger charge is 2.28. The number of benzene rings is 1. The topological polar surface area (TPSA) is 55.6 Å². The third-order valence-electron chi connectivity index (χ3n) is 3.68. The van der Waals surface area contributed by atoms with Crippen LogP contribution in [0.15, 0.2) is 36.4 Å². The number of nitrogens with zero attached hydrogens (tertiary/aromatic N) is 1. The van der Waals surface area contributed by atoms with Gasteiger partial charge in [0, 0.05) is 24.0 Å². The molecule has 0 aliphatic carbocycles. The van der Waals surface area contributed by atoms with Crippen LogP contribution in [0.25, 0.3) is 10.4 Å². The Labute approximate surface area is 128 Å². The van der Waals surface area contributed by atoms with E-state index in [2.05, 4.69) is 0 Å². The molecule has 1 aliphatic rings. The zero-order chi connectivity index (χ0) is 14.8. The van der Waals surface area contributed by atoms with E-state index >= 15 is 0 Å². The van der Waals surface area contributed by atoms with Gasteiger partial charge in [0.1, 0.15) is 10.6 Å². The average molecular weight is 302 g/mol. The molecular formula is C16H18N2O2S. The number of hydrogen-bond acceptors (Lipinski definition) is 4. The number of nitrogens with two attached hydrogens (primary N) is 1. The van der Waals surface area contributed by atoms with Gasteiger partial charge < -0.3 is 15.4 Å². The van der Waals surface area contributed by atoms with Crippen LogP contribution in [-0.4, -0.2) is 37.0 Å². The van der Waals surface area contributed by atoms with Crippen molar-refractivity contribution in [3.63, 3.8) is 0 Å². The summed E-state index contributed by atoms with van der Waals surface area (Å²) >= 11 is 1.48. The molecule has 4 nitrogen and oxygen atoms in total. The van der Waals surface area contributed by atoms with Gasteiger partial charge in [-0.1, -0.05) is 30.3 Å². The maximum Gasteiger partial charge on any atom is 0.267 e. The van der Waals surface area contributed by atoms with Crippen molar-refractivity contribution < 1.29 is 9.53 Å². The maximum atomic E-state index is 12.6. The Bertz CT molecular complexity index is 639. The number of carbonyl (C=O) groups is 1. The van der Waals surface area contributed by atoms with Crippen molar-refractivity contribution in [1.29, 1.82) is 0 Å². The molecule has 1 atom stereocenters. The van der Waals surface area contributed by atoms with Crippen LogP contribution in [-0.2, 0) is 0 Å². The van der Waals surface area contributed by atoms with E-state index in [-0.39, 0.29) is 11.9 Å². The van der Waals surface area contributed by atoms with Crippen LogP contribution in [0.4, 0.5) is 0 Å². The Morgan fingerprint density at radius 1 is 1.38 bits per heavy atom. The molecule has 1 aromatic heterocycles. The Balaban J connectivity index is 1.91.